The molecule has 0 unspecified atom stereocenters. The molecule has 1 amide bonds. The summed E-state index contributed by atoms with van der Waals surface area (Å²) in [5.41, 5.74) is 1.64. The van der Waals surface area contributed by atoms with Gasteiger partial charge in [0.25, 0.3) is 0 Å². The molecule has 92 valence electrons. The van der Waals surface area contributed by atoms with Crippen molar-refractivity contribution in [2.24, 2.45) is 5.92 Å². The minimum atomic E-state index is 0.110. The number of halogens is 1. The number of carbonyl (C=O) groups excluding carboxylic acids is 1. The quantitative estimate of drug-likeness (QED) is 0.822. The Bertz CT molecular complexity index is 416. The molecular formula is C12H16BrN3O. The van der Waals surface area contributed by atoms with Crippen LogP contribution in [-0.2, 0) is 4.79 Å². The fourth-order valence-electron chi connectivity index (χ4n) is 1.98. The molecule has 0 atom stereocenters. The second kappa shape index (κ2) is 5.60. The van der Waals surface area contributed by atoms with Crippen molar-refractivity contribution in [2.45, 2.75) is 19.8 Å². The molecule has 2 heterocycles. The Morgan fingerprint density at radius 2 is 2.18 bits per heavy atom. The third kappa shape index (κ3) is 3.26. The van der Waals surface area contributed by atoms with Crippen molar-refractivity contribution in [3.8, 4) is 0 Å². The molecule has 0 saturated carbocycles. The van der Waals surface area contributed by atoms with Gasteiger partial charge in [0.15, 0.2) is 0 Å². The topological polar surface area (TPSA) is 54.0 Å². The van der Waals surface area contributed by atoms with E-state index in [9.17, 15) is 4.79 Å². The highest BCUT2D eigenvalue weighted by Crippen LogP contribution is 2.19. The number of hydrogen-bond donors (Lipinski definition) is 2. The molecule has 4 nitrogen and oxygen atoms in total. The summed E-state index contributed by atoms with van der Waals surface area (Å²) in [4.78, 5) is 16.3. The van der Waals surface area contributed by atoms with Gasteiger partial charge in [0.2, 0.25) is 5.91 Å². The molecule has 1 aliphatic heterocycles. The molecule has 1 aromatic rings. The van der Waals surface area contributed by atoms with E-state index in [-0.39, 0.29) is 11.8 Å². The van der Waals surface area contributed by atoms with E-state index in [2.05, 4.69) is 31.5 Å². The predicted molar refractivity (Wildman–Crippen MR) is 70.9 cm³/mol. The minimum absolute atomic E-state index is 0.110. The Hall–Kier alpha value is -0.940. The fraction of sp³-hybridized carbons (Fsp3) is 0.500. The van der Waals surface area contributed by atoms with Crippen LogP contribution in [0.15, 0.2) is 16.7 Å². The van der Waals surface area contributed by atoms with Crippen LogP contribution < -0.4 is 10.6 Å². The van der Waals surface area contributed by atoms with Crippen LogP contribution >= 0.6 is 15.9 Å². The molecule has 0 aliphatic carbocycles. The number of aryl methyl sites for hydroxylation is 1. The maximum Gasteiger partial charge on any atom is 0.227 e. The van der Waals surface area contributed by atoms with Crippen LogP contribution in [0, 0.1) is 12.8 Å². The van der Waals surface area contributed by atoms with Crippen molar-refractivity contribution in [3.05, 3.63) is 22.4 Å². The number of hydrogen-bond acceptors (Lipinski definition) is 3. The van der Waals surface area contributed by atoms with E-state index < -0.39 is 0 Å². The first-order valence-corrected chi connectivity index (χ1v) is 6.61. The molecule has 1 fully saturated rings. The predicted octanol–water partition coefficient (Wildman–Crippen LogP) is 2.09. The van der Waals surface area contributed by atoms with Crippen molar-refractivity contribution < 1.29 is 4.79 Å². The van der Waals surface area contributed by atoms with Gasteiger partial charge in [0, 0.05) is 5.92 Å². The molecule has 2 rings (SSSR count). The summed E-state index contributed by atoms with van der Waals surface area (Å²) in [6.45, 7) is 3.74. The number of rotatable bonds is 2. The SMILES string of the molecule is Cc1nc(Br)ccc1NC(=O)C1CCNCC1. The average Bonchev–Trinajstić information content (AvgIpc) is 2.34. The summed E-state index contributed by atoms with van der Waals surface area (Å²) in [5, 5.41) is 6.21. The van der Waals surface area contributed by atoms with E-state index in [1.54, 1.807) is 0 Å². The molecule has 5 heteroatoms. The largest absolute Gasteiger partial charge is 0.324 e. The first kappa shape index (κ1) is 12.5. The van der Waals surface area contributed by atoms with Crippen molar-refractivity contribution in [3.63, 3.8) is 0 Å². The highest BCUT2D eigenvalue weighted by atomic mass is 79.9. The van der Waals surface area contributed by atoms with Gasteiger partial charge in [0.05, 0.1) is 11.4 Å². The van der Waals surface area contributed by atoms with Crippen molar-refractivity contribution in [1.82, 2.24) is 10.3 Å². The zero-order valence-electron chi connectivity index (χ0n) is 9.79. The maximum atomic E-state index is 12.0. The zero-order valence-corrected chi connectivity index (χ0v) is 11.4. The van der Waals surface area contributed by atoms with Gasteiger partial charge in [0.1, 0.15) is 4.60 Å². The number of aromatic nitrogens is 1. The molecule has 1 saturated heterocycles. The van der Waals surface area contributed by atoms with Crippen molar-refractivity contribution in [2.75, 3.05) is 18.4 Å². The molecule has 1 aromatic heterocycles. The summed E-state index contributed by atoms with van der Waals surface area (Å²) >= 11 is 3.31. The van der Waals surface area contributed by atoms with Gasteiger partial charge in [-0.3, -0.25) is 4.79 Å². The van der Waals surface area contributed by atoms with Crippen molar-refractivity contribution >= 4 is 27.5 Å². The van der Waals surface area contributed by atoms with Gasteiger partial charge in [-0.1, -0.05) is 0 Å². The lowest BCUT2D eigenvalue weighted by atomic mass is 9.97. The van der Waals surface area contributed by atoms with Gasteiger partial charge >= 0.3 is 0 Å². The number of piperidine rings is 1. The highest BCUT2D eigenvalue weighted by molar-refractivity contribution is 9.10. The Balaban J connectivity index is 2.02. The number of carbonyl (C=O) groups is 1. The summed E-state index contributed by atoms with van der Waals surface area (Å²) in [6, 6.07) is 3.72. The number of nitrogens with zero attached hydrogens (tertiary/aromatic N) is 1. The zero-order chi connectivity index (χ0) is 12.3. The van der Waals surface area contributed by atoms with Gasteiger partial charge < -0.3 is 10.6 Å². The monoisotopic (exact) mass is 297 g/mol. The first-order chi connectivity index (χ1) is 8.16. The molecule has 2 N–H and O–H groups in total. The lowest BCUT2D eigenvalue weighted by molar-refractivity contribution is -0.120. The number of nitrogens with one attached hydrogen (secondary N) is 2. The van der Waals surface area contributed by atoms with Crippen LogP contribution in [0.25, 0.3) is 0 Å². The minimum Gasteiger partial charge on any atom is -0.324 e. The van der Waals surface area contributed by atoms with E-state index in [4.69, 9.17) is 0 Å². The summed E-state index contributed by atoms with van der Waals surface area (Å²) in [7, 11) is 0. The lowest BCUT2D eigenvalue weighted by Gasteiger charge is -2.22. The van der Waals surface area contributed by atoms with Gasteiger partial charge in [-0.2, -0.15) is 0 Å². The third-order valence-corrected chi connectivity index (χ3v) is 3.46. The van der Waals surface area contributed by atoms with E-state index in [1.807, 2.05) is 19.1 Å². The Labute approximate surface area is 109 Å². The van der Waals surface area contributed by atoms with Crippen LogP contribution in [0.1, 0.15) is 18.5 Å². The Morgan fingerprint density at radius 1 is 1.47 bits per heavy atom. The molecule has 1 aliphatic rings. The normalized spacial score (nSPS) is 16.8. The van der Waals surface area contributed by atoms with Crippen LogP contribution in [0.5, 0.6) is 0 Å². The number of anilines is 1. The molecule has 0 spiro atoms. The van der Waals surface area contributed by atoms with E-state index >= 15 is 0 Å². The molecule has 0 radical (unpaired) electrons. The lowest BCUT2D eigenvalue weighted by Crippen LogP contribution is -2.34. The van der Waals surface area contributed by atoms with Crippen LogP contribution in [0.4, 0.5) is 5.69 Å². The molecule has 0 bridgehead atoms. The Kier molecular flexibility index (Phi) is 4.12. The maximum absolute atomic E-state index is 12.0. The third-order valence-electron chi connectivity index (χ3n) is 3.02. The van der Waals surface area contributed by atoms with E-state index in [1.165, 1.54) is 0 Å². The standard InChI is InChI=1S/C12H16BrN3O/c1-8-10(2-3-11(13)15-8)16-12(17)9-4-6-14-7-5-9/h2-3,9,14H,4-7H2,1H3,(H,16,17). The Morgan fingerprint density at radius 3 is 2.82 bits per heavy atom. The van der Waals surface area contributed by atoms with E-state index in [0.717, 1.165) is 41.9 Å². The fourth-order valence-corrected chi connectivity index (χ4v) is 2.38. The van der Waals surface area contributed by atoms with E-state index in [0.29, 0.717) is 0 Å². The average molecular weight is 298 g/mol. The van der Waals surface area contributed by atoms with Crippen LogP contribution in [-0.4, -0.2) is 24.0 Å². The highest BCUT2D eigenvalue weighted by Gasteiger charge is 2.21. The molecular weight excluding hydrogens is 282 g/mol. The second-order valence-electron chi connectivity index (χ2n) is 4.28. The number of amides is 1. The smallest absolute Gasteiger partial charge is 0.227 e. The van der Waals surface area contributed by atoms with Gasteiger partial charge in [-0.05, 0) is 60.9 Å². The van der Waals surface area contributed by atoms with Crippen molar-refractivity contribution in [1.29, 1.82) is 0 Å². The second-order valence-corrected chi connectivity index (χ2v) is 5.09. The van der Waals surface area contributed by atoms with Gasteiger partial charge in [-0.15, -0.1) is 0 Å². The van der Waals surface area contributed by atoms with Crippen LogP contribution in [0.2, 0.25) is 0 Å². The summed E-state index contributed by atoms with van der Waals surface area (Å²) < 4.78 is 0.787. The number of pyridine rings is 1. The van der Waals surface area contributed by atoms with Crippen LogP contribution in [0.3, 0.4) is 0 Å². The molecule has 0 aromatic carbocycles. The molecule has 17 heavy (non-hydrogen) atoms. The van der Waals surface area contributed by atoms with Gasteiger partial charge in [-0.25, -0.2) is 4.98 Å². The first-order valence-electron chi connectivity index (χ1n) is 5.81. The summed E-state index contributed by atoms with van der Waals surface area (Å²) in [6.07, 6.45) is 1.82. The summed E-state index contributed by atoms with van der Waals surface area (Å²) in [5.74, 6) is 0.234.